The van der Waals surface area contributed by atoms with Gasteiger partial charge in [0.05, 0.1) is 0 Å². The summed E-state index contributed by atoms with van der Waals surface area (Å²) < 4.78 is 17.3. The smallest absolute Gasteiger partial charge is 0.303 e. The zero-order valence-corrected chi connectivity index (χ0v) is 8.62. The molecule has 1 aromatic rings. The van der Waals surface area contributed by atoms with E-state index in [1.54, 1.807) is 0 Å². The monoisotopic (exact) mass is 230 g/mol. The van der Waals surface area contributed by atoms with Gasteiger partial charge in [-0.2, -0.15) is 0 Å². The molecular weight excluding hydrogens is 223 g/mol. The van der Waals surface area contributed by atoms with Crippen LogP contribution in [0.1, 0.15) is 18.6 Å². The molecule has 0 aliphatic carbocycles. The summed E-state index contributed by atoms with van der Waals surface area (Å²) in [4.78, 5) is 21.7. The molecule has 0 spiro atoms. The highest BCUT2D eigenvalue weighted by atomic mass is 35.5. The lowest BCUT2D eigenvalue weighted by Gasteiger charge is -2.12. The second-order valence-corrected chi connectivity index (χ2v) is 3.22. The van der Waals surface area contributed by atoms with Crippen LogP contribution in [0.4, 0.5) is 4.39 Å². The maximum atomic E-state index is 12.6. The van der Waals surface area contributed by atoms with Crippen LogP contribution in [0.15, 0.2) is 24.3 Å². The van der Waals surface area contributed by atoms with Crippen LogP contribution in [-0.2, 0) is 14.3 Å². The lowest BCUT2D eigenvalue weighted by Crippen LogP contribution is -2.14. The number of esters is 1. The molecule has 1 unspecified atom stereocenters. The largest absolute Gasteiger partial charge is 0.448 e. The van der Waals surface area contributed by atoms with Gasteiger partial charge in [-0.3, -0.25) is 9.59 Å². The van der Waals surface area contributed by atoms with Gasteiger partial charge in [-0.25, -0.2) is 4.39 Å². The van der Waals surface area contributed by atoms with E-state index in [2.05, 4.69) is 0 Å². The van der Waals surface area contributed by atoms with Crippen LogP contribution in [0.25, 0.3) is 0 Å². The Bertz CT molecular complexity index is 375. The fraction of sp³-hybridized carbons (Fsp3) is 0.200. The van der Waals surface area contributed by atoms with E-state index >= 15 is 0 Å². The zero-order chi connectivity index (χ0) is 11.4. The van der Waals surface area contributed by atoms with Crippen molar-refractivity contribution >= 4 is 22.8 Å². The number of rotatable bonds is 3. The third-order valence-corrected chi connectivity index (χ3v) is 1.86. The molecule has 0 aliphatic heterocycles. The first-order chi connectivity index (χ1) is 7.00. The van der Waals surface area contributed by atoms with Crippen LogP contribution in [0.3, 0.4) is 0 Å². The quantitative estimate of drug-likeness (QED) is 0.591. The minimum absolute atomic E-state index is 0.339. The van der Waals surface area contributed by atoms with Gasteiger partial charge in [0.15, 0.2) is 0 Å². The number of halogens is 2. The van der Waals surface area contributed by atoms with Crippen molar-refractivity contribution in [2.24, 2.45) is 0 Å². The summed E-state index contributed by atoms with van der Waals surface area (Å²) in [6.45, 7) is 1.16. The summed E-state index contributed by atoms with van der Waals surface area (Å²) in [6, 6.07) is 4.99. The molecule has 0 radical (unpaired) electrons. The van der Waals surface area contributed by atoms with Crippen LogP contribution in [-0.4, -0.2) is 11.2 Å². The molecule has 1 atom stereocenters. The topological polar surface area (TPSA) is 43.4 Å². The number of carbonyl (C=O) groups excluding carboxylic acids is 2. The first-order valence-corrected chi connectivity index (χ1v) is 4.50. The molecule has 15 heavy (non-hydrogen) atoms. The average Bonchev–Trinajstić information content (AvgIpc) is 2.15. The van der Waals surface area contributed by atoms with Crippen LogP contribution in [0, 0.1) is 5.82 Å². The van der Waals surface area contributed by atoms with Crippen LogP contribution in [0.5, 0.6) is 0 Å². The summed E-state index contributed by atoms with van der Waals surface area (Å²) >= 11 is 5.25. The predicted molar refractivity (Wildman–Crippen MR) is 51.8 cm³/mol. The van der Waals surface area contributed by atoms with Crippen LogP contribution < -0.4 is 0 Å². The third kappa shape index (κ3) is 3.32. The van der Waals surface area contributed by atoms with Crippen molar-refractivity contribution in [2.75, 3.05) is 0 Å². The van der Waals surface area contributed by atoms with Gasteiger partial charge < -0.3 is 4.74 Å². The minimum Gasteiger partial charge on any atom is -0.448 e. The van der Waals surface area contributed by atoms with E-state index in [0.29, 0.717) is 5.56 Å². The first kappa shape index (κ1) is 11.7. The van der Waals surface area contributed by atoms with Crippen LogP contribution >= 0.6 is 11.6 Å². The molecule has 0 bridgehead atoms. The van der Waals surface area contributed by atoms with Gasteiger partial charge in [0, 0.05) is 12.5 Å². The molecule has 1 aromatic carbocycles. The van der Waals surface area contributed by atoms with Gasteiger partial charge in [-0.05, 0) is 23.7 Å². The van der Waals surface area contributed by atoms with Gasteiger partial charge in [0.2, 0.25) is 6.10 Å². The summed E-state index contributed by atoms with van der Waals surface area (Å²) in [5, 5.41) is -0.822. The minimum atomic E-state index is -1.18. The van der Waals surface area contributed by atoms with E-state index in [0.717, 1.165) is 19.1 Å². The normalized spacial score (nSPS) is 11.9. The third-order valence-electron chi connectivity index (χ3n) is 1.66. The van der Waals surface area contributed by atoms with Gasteiger partial charge in [0.25, 0.3) is 5.24 Å². The predicted octanol–water partition coefficient (Wildman–Crippen LogP) is 2.20. The average molecular weight is 231 g/mol. The van der Waals surface area contributed by atoms with E-state index in [9.17, 15) is 14.0 Å². The second kappa shape index (κ2) is 4.89. The summed E-state index contributed by atoms with van der Waals surface area (Å²) in [6.07, 6.45) is -1.18. The van der Waals surface area contributed by atoms with E-state index < -0.39 is 23.1 Å². The number of benzene rings is 1. The standard InChI is InChI=1S/C10H8ClFO3/c1-6(13)15-9(10(11)14)7-2-4-8(12)5-3-7/h2-5,9H,1H3. The Hall–Kier alpha value is -1.42. The van der Waals surface area contributed by atoms with Gasteiger partial charge >= 0.3 is 5.97 Å². The molecule has 0 aliphatic rings. The molecule has 1 rings (SSSR count). The Morgan fingerprint density at radius 1 is 1.33 bits per heavy atom. The zero-order valence-electron chi connectivity index (χ0n) is 7.87. The SMILES string of the molecule is CC(=O)OC(C(=O)Cl)c1ccc(F)cc1. The first-order valence-electron chi connectivity index (χ1n) is 4.12. The lowest BCUT2D eigenvalue weighted by molar-refractivity contribution is -0.150. The maximum Gasteiger partial charge on any atom is 0.303 e. The highest BCUT2D eigenvalue weighted by Gasteiger charge is 2.21. The molecule has 3 nitrogen and oxygen atoms in total. The Balaban J connectivity index is 2.94. The van der Waals surface area contributed by atoms with Gasteiger partial charge in [-0.1, -0.05) is 12.1 Å². The van der Waals surface area contributed by atoms with E-state index in [-0.39, 0.29) is 0 Å². The fourth-order valence-corrected chi connectivity index (χ4v) is 1.22. The van der Waals surface area contributed by atoms with E-state index in [1.165, 1.54) is 12.1 Å². The lowest BCUT2D eigenvalue weighted by atomic mass is 10.1. The van der Waals surface area contributed by atoms with Crippen molar-refractivity contribution < 1.29 is 18.7 Å². The number of hydrogen-bond donors (Lipinski definition) is 0. The molecule has 5 heteroatoms. The molecule has 0 aromatic heterocycles. The van der Waals surface area contributed by atoms with Gasteiger partial charge in [0.1, 0.15) is 5.82 Å². The molecule has 0 heterocycles. The van der Waals surface area contributed by atoms with E-state index in [1.807, 2.05) is 0 Å². The second-order valence-electron chi connectivity index (χ2n) is 2.85. The van der Waals surface area contributed by atoms with Crippen molar-refractivity contribution in [3.05, 3.63) is 35.6 Å². The summed E-state index contributed by atoms with van der Waals surface area (Å²) in [7, 11) is 0. The molecule has 0 N–H and O–H groups in total. The van der Waals surface area contributed by atoms with Crippen molar-refractivity contribution in [3.63, 3.8) is 0 Å². The van der Waals surface area contributed by atoms with Crippen molar-refractivity contribution in [1.82, 2.24) is 0 Å². The number of hydrogen-bond acceptors (Lipinski definition) is 3. The van der Waals surface area contributed by atoms with Crippen LogP contribution in [0.2, 0.25) is 0 Å². The molecule has 0 saturated carbocycles. The fourth-order valence-electron chi connectivity index (χ4n) is 1.05. The van der Waals surface area contributed by atoms with Crippen molar-refractivity contribution in [1.29, 1.82) is 0 Å². The molecule has 0 fully saturated rings. The number of carbonyl (C=O) groups is 2. The number of ether oxygens (including phenoxy) is 1. The highest BCUT2D eigenvalue weighted by Crippen LogP contribution is 2.20. The highest BCUT2D eigenvalue weighted by molar-refractivity contribution is 6.64. The Labute approximate surface area is 90.8 Å². The maximum absolute atomic E-state index is 12.6. The molecule has 0 amide bonds. The molecular formula is C10H8ClFO3. The van der Waals surface area contributed by atoms with Gasteiger partial charge in [-0.15, -0.1) is 0 Å². The summed E-state index contributed by atoms with van der Waals surface area (Å²) in [5.41, 5.74) is 0.339. The molecule has 80 valence electrons. The Morgan fingerprint density at radius 2 is 1.87 bits per heavy atom. The Morgan fingerprint density at radius 3 is 2.27 bits per heavy atom. The molecule has 0 saturated heterocycles. The van der Waals surface area contributed by atoms with E-state index in [4.69, 9.17) is 16.3 Å². The Kier molecular flexibility index (Phi) is 3.80. The van der Waals surface area contributed by atoms with Crippen molar-refractivity contribution in [2.45, 2.75) is 13.0 Å². The van der Waals surface area contributed by atoms with Crippen molar-refractivity contribution in [3.8, 4) is 0 Å². The summed E-state index contributed by atoms with van der Waals surface area (Å²) in [5.74, 6) is -1.07.